The van der Waals surface area contributed by atoms with Gasteiger partial charge in [-0.05, 0) is 0 Å². The molecule has 0 aromatic rings. The van der Waals surface area contributed by atoms with E-state index < -0.39 is 0 Å². The predicted molar refractivity (Wildman–Crippen MR) is 47.8 cm³/mol. The molecular weight excluding hydrogens is 193 g/mol. The van der Waals surface area contributed by atoms with Crippen molar-refractivity contribution in [3.63, 3.8) is 0 Å². The second-order valence-corrected chi connectivity index (χ2v) is 5.97. The van der Waals surface area contributed by atoms with E-state index in [-0.39, 0.29) is 0 Å². The van der Waals surface area contributed by atoms with Crippen LogP contribution in [-0.4, -0.2) is 20.4 Å². The van der Waals surface area contributed by atoms with E-state index >= 15 is 0 Å². The molecule has 4 aliphatic carbocycles. The standard InChI is InChI=1S/C10H14Ge/c11-10-8-2-6-1-7(4-8)5-9(10)3-6/h6-9H,1-5H2. The normalized spacial score (nSPS) is 53.6. The summed E-state index contributed by atoms with van der Waals surface area (Å²) >= 11 is 2.42. The van der Waals surface area contributed by atoms with Gasteiger partial charge in [0.1, 0.15) is 0 Å². The Morgan fingerprint density at radius 3 is 1.73 bits per heavy atom. The fourth-order valence-electron chi connectivity index (χ4n) is 3.69. The van der Waals surface area contributed by atoms with E-state index in [1.54, 1.807) is 32.1 Å². The number of hydrogen-bond donors (Lipinski definition) is 0. The molecule has 0 nitrogen and oxygen atoms in total. The van der Waals surface area contributed by atoms with Gasteiger partial charge in [0.05, 0.1) is 0 Å². The van der Waals surface area contributed by atoms with Gasteiger partial charge in [-0.3, -0.25) is 0 Å². The molecule has 0 amide bonds. The first kappa shape index (κ1) is 6.88. The SMILES string of the molecule is [Ge]=[C]1C2CC3CC(C2)CC1C3. The summed E-state index contributed by atoms with van der Waals surface area (Å²) < 4.78 is 1.87. The average Bonchev–Trinajstić information content (AvgIpc) is 1.98. The quantitative estimate of drug-likeness (QED) is 0.531. The molecule has 2 radical (unpaired) electrons. The summed E-state index contributed by atoms with van der Waals surface area (Å²) in [4.78, 5) is 0. The molecule has 0 aromatic heterocycles. The van der Waals surface area contributed by atoms with Gasteiger partial charge >= 0.3 is 76.2 Å². The molecule has 4 saturated carbocycles. The molecule has 4 fully saturated rings. The third kappa shape index (κ3) is 0.913. The van der Waals surface area contributed by atoms with Gasteiger partial charge in [-0.25, -0.2) is 0 Å². The summed E-state index contributed by atoms with van der Waals surface area (Å²) in [6.07, 6.45) is 7.80. The molecule has 0 aliphatic heterocycles. The molecule has 0 aromatic carbocycles. The van der Waals surface area contributed by atoms with Crippen molar-refractivity contribution in [3.8, 4) is 0 Å². The maximum atomic E-state index is 2.42. The van der Waals surface area contributed by atoms with Crippen molar-refractivity contribution in [2.24, 2.45) is 23.7 Å². The van der Waals surface area contributed by atoms with Crippen molar-refractivity contribution in [2.75, 3.05) is 0 Å². The van der Waals surface area contributed by atoms with Crippen molar-refractivity contribution in [3.05, 3.63) is 0 Å². The summed E-state index contributed by atoms with van der Waals surface area (Å²) in [7, 11) is 0. The van der Waals surface area contributed by atoms with Gasteiger partial charge in [-0.2, -0.15) is 0 Å². The van der Waals surface area contributed by atoms with Gasteiger partial charge in [0, 0.05) is 0 Å². The maximum absolute atomic E-state index is 2.42. The van der Waals surface area contributed by atoms with Crippen LogP contribution >= 0.6 is 0 Å². The molecule has 1 heteroatoms. The topological polar surface area (TPSA) is 0 Å². The van der Waals surface area contributed by atoms with Crippen LogP contribution < -0.4 is 0 Å². The fraction of sp³-hybridized carbons (Fsp3) is 0.900. The molecule has 0 atom stereocenters. The Bertz CT molecular complexity index is 177. The zero-order valence-corrected chi connectivity index (χ0v) is 8.94. The Labute approximate surface area is 76.5 Å². The van der Waals surface area contributed by atoms with Crippen LogP contribution in [0.2, 0.25) is 0 Å². The van der Waals surface area contributed by atoms with E-state index in [1.807, 2.05) is 4.35 Å². The van der Waals surface area contributed by atoms with Crippen molar-refractivity contribution < 1.29 is 0 Å². The van der Waals surface area contributed by atoms with Crippen molar-refractivity contribution >= 4 is 20.4 Å². The van der Waals surface area contributed by atoms with Gasteiger partial charge in [-0.15, -0.1) is 0 Å². The van der Waals surface area contributed by atoms with E-state index in [4.69, 9.17) is 0 Å². The fourth-order valence-corrected chi connectivity index (χ4v) is 4.68. The van der Waals surface area contributed by atoms with Crippen LogP contribution in [0.3, 0.4) is 0 Å². The van der Waals surface area contributed by atoms with Crippen molar-refractivity contribution in [2.45, 2.75) is 32.1 Å². The Hall–Kier alpha value is 0.413. The summed E-state index contributed by atoms with van der Waals surface area (Å²) in [5.74, 6) is 4.40. The van der Waals surface area contributed by atoms with Crippen LogP contribution in [0.4, 0.5) is 0 Å². The first-order valence-electron chi connectivity index (χ1n) is 4.91. The zero-order valence-electron chi connectivity index (χ0n) is 6.84. The first-order valence-corrected chi connectivity index (χ1v) is 5.96. The molecule has 11 heavy (non-hydrogen) atoms. The van der Waals surface area contributed by atoms with Crippen molar-refractivity contribution in [1.29, 1.82) is 0 Å². The molecule has 4 bridgehead atoms. The molecule has 0 unspecified atom stereocenters. The summed E-state index contributed by atoms with van der Waals surface area (Å²) in [5.41, 5.74) is 0. The summed E-state index contributed by atoms with van der Waals surface area (Å²) in [6, 6.07) is 0. The second-order valence-electron chi connectivity index (χ2n) is 4.76. The van der Waals surface area contributed by atoms with Gasteiger partial charge in [0.2, 0.25) is 0 Å². The van der Waals surface area contributed by atoms with E-state index in [0.29, 0.717) is 0 Å². The minimum absolute atomic E-state index is 1.06. The molecule has 0 saturated heterocycles. The third-order valence-corrected chi connectivity index (χ3v) is 5.73. The van der Waals surface area contributed by atoms with Gasteiger partial charge in [-0.1, -0.05) is 0 Å². The summed E-state index contributed by atoms with van der Waals surface area (Å²) in [5, 5.41) is 0. The molecule has 58 valence electrons. The second kappa shape index (κ2) is 2.21. The Balaban J connectivity index is 1.96. The van der Waals surface area contributed by atoms with Gasteiger partial charge < -0.3 is 0 Å². The zero-order chi connectivity index (χ0) is 7.42. The molecule has 0 N–H and O–H groups in total. The molecule has 0 heterocycles. The van der Waals surface area contributed by atoms with Gasteiger partial charge in [0.15, 0.2) is 0 Å². The number of rotatable bonds is 0. The van der Waals surface area contributed by atoms with E-state index in [2.05, 4.69) is 16.1 Å². The monoisotopic (exact) mass is 208 g/mol. The Morgan fingerprint density at radius 2 is 1.27 bits per heavy atom. The van der Waals surface area contributed by atoms with Crippen LogP contribution in [0.5, 0.6) is 0 Å². The first-order chi connectivity index (χ1) is 5.33. The molecule has 4 aliphatic rings. The summed E-state index contributed by atoms with van der Waals surface area (Å²) in [6.45, 7) is 0. The number of hydrogen-bond acceptors (Lipinski definition) is 0. The molecular formula is C10H14Ge. The van der Waals surface area contributed by atoms with Crippen LogP contribution in [0.1, 0.15) is 32.1 Å². The minimum atomic E-state index is 1.06. The Morgan fingerprint density at radius 1 is 0.818 bits per heavy atom. The van der Waals surface area contributed by atoms with E-state index in [0.717, 1.165) is 23.7 Å². The van der Waals surface area contributed by atoms with Gasteiger partial charge in [0.25, 0.3) is 0 Å². The van der Waals surface area contributed by atoms with E-state index in [9.17, 15) is 0 Å². The predicted octanol–water partition coefficient (Wildman–Crippen LogP) is 1.78. The molecule has 4 rings (SSSR count). The Kier molecular flexibility index (Phi) is 1.38. The van der Waals surface area contributed by atoms with Crippen LogP contribution in [0.15, 0.2) is 0 Å². The molecule has 0 spiro atoms. The van der Waals surface area contributed by atoms with Crippen LogP contribution in [-0.2, 0) is 0 Å². The average molecular weight is 207 g/mol. The van der Waals surface area contributed by atoms with E-state index in [1.165, 1.54) is 0 Å². The van der Waals surface area contributed by atoms with Crippen molar-refractivity contribution in [1.82, 2.24) is 0 Å². The third-order valence-electron chi connectivity index (χ3n) is 4.02. The van der Waals surface area contributed by atoms with Crippen LogP contribution in [0.25, 0.3) is 0 Å². The van der Waals surface area contributed by atoms with Crippen LogP contribution in [0, 0.1) is 23.7 Å².